The van der Waals surface area contributed by atoms with E-state index in [1.807, 2.05) is 0 Å². The molecule has 4 N–H and O–H groups in total. The third kappa shape index (κ3) is 6.26. The van der Waals surface area contributed by atoms with Crippen molar-refractivity contribution in [1.82, 2.24) is 10.6 Å². The van der Waals surface area contributed by atoms with Crippen molar-refractivity contribution in [2.45, 2.75) is 18.9 Å². The molecule has 7 heteroatoms. The van der Waals surface area contributed by atoms with Crippen LogP contribution < -0.4 is 10.6 Å². The summed E-state index contributed by atoms with van der Waals surface area (Å²) in [5, 5.41) is 21.4. The molecule has 0 spiro atoms. The maximum absolute atomic E-state index is 11.0. The lowest BCUT2D eigenvalue weighted by Gasteiger charge is -2.13. The lowest BCUT2D eigenvalue weighted by molar-refractivity contribution is -0.140. The zero-order valence-electron chi connectivity index (χ0n) is 8.40. The van der Waals surface area contributed by atoms with E-state index in [0.717, 1.165) is 0 Å². The molecule has 2 amide bonds. The van der Waals surface area contributed by atoms with Crippen molar-refractivity contribution in [3.63, 3.8) is 0 Å². The van der Waals surface area contributed by atoms with Crippen molar-refractivity contribution in [3.05, 3.63) is 0 Å². The first-order chi connectivity index (χ1) is 7.47. The summed E-state index contributed by atoms with van der Waals surface area (Å²) in [6.07, 6.45) is 4.35. The number of carboxylic acids is 2. The Morgan fingerprint density at radius 2 is 1.94 bits per heavy atom. The van der Waals surface area contributed by atoms with Gasteiger partial charge in [0.2, 0.25) is 0 Å². The van der Waals surface area contributed by atoms with Crippen molar-refractivity contribution in [2.24, 2.45) is 0 Å². The highest BCUT2D eigenvalue weighted by molar-refractivity contribution is 5.83. The van der Waals surface area contributed by atoms with Crippen LogP contribution in [-0.2, 0) is 9.59 Å². The molecule has 0 aromatic carbocycles. The number of hydrogen-bond acceptors (Lipinski definition) is 3. The molecule has 0 aromatic heterocycles. The Hall–Kier alpha value is -2.23. The lowest BCUT2D eigenvalue weighted by Crippen LogP contribution is -2.46. The first kappa shape index (κ1) is 13.8. The topological polar surface area (TPSA) is 116 Å². The van der Waals surface area contributed by atoms with E-state index >= 15 is 0 Å². The quantitative estimate of drug-likeness (QED) is 0.446. The number of terminal acetylenes is 1. The molecule has 0 saturated carbocycles. The number of carbonyl (C=O) groups excluding carboxylic acids is 1. The Morgan fingerprint density at radius 3 is 2.38 bits per heavy atom. The Labute approximate surface area is 91.8 Å². The predicted molar refractivity (Wildman–Crippen MR) is 53.7 cm³/mol. The van der Waals surface area contributed by atoms with Crippen molar-refractivity contribution < 1.29 is 24.6 Å². The maximum atomic E-state index is 11.0. The molecular weight excluding hydrogens is 216 g/mol. The summed E-state index contributed by atoms with van der Waals surface area (Å²) in [6, 6.07) is -1.98. The van der Waals surface area contributed by atoms with Crippen LogP contribution in [0.5, 0.6) is 0 Å². The van der Waals surface area contributed by atoms with Gasteiger partial charge in [0.05, 0.1) is 6.54 Å². The molecule has 7 nitrogen and oxygen atoms in total. The highest BCUT2D eigenvalue weighted by Crippen LogP contribution is 1.97. The molecule has 0 saturated heterocycles. The lowest BCUT2D eigenvalue weighted by atomic mass is 10.1. The second-order valence-corrected chi connectivity index (χ2v) is 2.85. The van der Waals surface area contributed by atoms with E-state index in [1.54, 1.807) is 0 Å². The minimum absolute atomic E-state index is 0.0307. The number of urea groups is 1. The van der Waals surface area contributed by atoms with Gasteiger partial charge in [0.15, 0.2) is 0 Å². The summed E-state index contributed by atoms with van der Waals surface area (Å²) in [5.74, 6) is -0.284. The molecule has 0 aliphatic carbocycles. The number of rotatable bonds is 6. The highest BCUT2D eigenvalue weighted by Gasteiger charge is 2.20. The Balaban J connectivity index is 4.13. The molecule has 0 aliphatic rings. The van der Waals surface area contributed by atoms with Gasteiger partial charge < -0.3 is 20.8 Å². The van der Waals surface area contributed by atoms with E-state index < -0.39 is 24.0 Å². The zero-order valence-corrected chi connectivity index (χ0v) is 8.40. The summed E-state index contributed by atoms with van der Waals surface area (Å²) in [6.45, 7) is -0.0307. The van der Waals surface area contributed by atoms with Gasteiger partial charge in [-0.15, -0.1) is 6.42 Å². The first-order valence-electron chi connectivity index (χ1n) is 4.39. The molecule has 1 atom stereocenters. The molecule has 0 fully saturated rings. The molecule has 88 valence electrons. The molecule has 0 radical (unpaired) electrons. The van der Waals surface area contributed by atoms with Gasteiger partial charge in [-0.2, -0.15) is 0 Å². The molecule has 0 aromatic rings. The molecular formula is C9H12N2O5. The molecule has 0 heterocycles. The molecule has 16 heavy (non-hydrogen) atoms. The van der Waals surface area contributed by atoms with Crippen molar-refractivity contribution in [1.29, 1.82) is 0 Å². The van der Waals surface area contributed by atoms with Gasteiger partial charge in [-0.05, 0) is 6.42 Å². The van der Waals surface area contributed by atoms with E-state index in [1.165, 1.54) is 0 Å². The minimum atomic E-state index is -1.29. The van der Waals surface area contributed by atoms with Crippen LogP contribution in [0, 0.1) is 12.3 Å². The third-order valence-corrected chi connectivity index (χ3v) is 1.60. The Bertz CT molecular complexity index is 320. The summed E-state index contributed by atoms with van der Waals surface area (Å²) >= 11 is 0. The fourth-order valence-corrected chi connectivity index (χ4v) is 0.866. The predicted octanol–water partition coefficient (Wildman–Crippen LogP) is -0.763. The van der Waals surface area contributed by atoms with E-state index in [-0.39, 0.29) is 19.4 Å². The van der Waals surface area contributed by atoms with E-state index in [4.69, 9.17) is 16.6 Å². The van der Waals surface area contributed by atoms with Gasteiger partial charge in [-0.25, -0.2) is 9.59 Å². The third-order valence-electron chi connectivity index (χ3n) is 1.60. The summed E-state index contributed by atoms with van der Waals surface area (Å²) in [4.78, 5) is 31.9. The van der Waals surface area contributed by atoms with Crippen LogP contribution in [-0.4, -0.2) is 40.8 Å². The summed E-state index contributed by atoms with van der Waals surface area (Å²) in [5.41, 5.74) is 0. The number of amides is 2. The van der Waals surface area contributed by atoms with Crippen LogP contribution in [0.4, 0.5) is 4.79 Å². The van der Waals surface area contributed by atoms with Crippen molar-refractivity contribution in [3.8, 4) is 12.3 Å². The van der Waals surface area contributed by atoms with Crippen molar-refractivity contribution >= 4 is 18.0 Å². The average Bonchev–Trinajstić information content (AvgIpc) is 2.20. The Kier molecular flexibility index (Phi) is 6.12. The average molecular weight is 228 g/mol. The van der Waals surface area contributed by atoms with Crippen LogP contribution in [0.3, 0.4) is 0 Å². The summed E-state index contributed by atoms with van der Waals surface area (Å²) in [7, 11) is 0. The van der Waals surface area contributed by atoms with Crippen LogP contribution in [0.25, 0.3) is 0 Å². The molecule has 0 rings (SSSR count). The number of hydrogen-bond donors (Lipinski definition) is 4. The van der Waals surface area contributed by atoms with Crippen LogP contribution in [0.2, 0.25) is 0 Å². The first-order valence-corrected chi connectivity index (χ1v) is 4.39. The Morgan fingerprint density at radius 1 is 1.31 bits per heavy atom. The standard InChI is InChI=1S/C9H12N2O5/c1-2-5-10-9(16)11-6(8(14)15)3-4-7(12)13/h1,6H,3-5H2,(H,12,13)(H,14,15)(H2,10,11,16)/t6-/m0/s1. The van der Waals surface area contributed by atoms with Gasteiger partial charge in [0.1, 0.15) is 6.04 Å². The number of aliphatic carboxylic acids is 2. The second kappa shape index (κ2) is 7.11. The smallest absolute Gasteiger partial charge is 0.326 e. The molecule has 0 unspecified atom stereocenters. The monoisotopic (exact) mass is 228 g/mol. The van der Waals surface area contributed by atoms with Gasteiger partial charge in [-0.1, -0.05) is 5.92 Å². The summed E-state index contributed by atoms with van der Waals surface area (Å²) < 4.78 is 0. The fraction of sp³-hybridized carbons (Fsp3) is 0.444. The SMILES string of the molecule is C#CCNC(=O)N[C@@H](CCC(=O)O)C(=O)O. The van der Waals surface area contributed by atoms with Gasteiger partial charge in [0.25, 0.3) is 0 Å². The number of nitrogens with one attached hydrogen (secondary N) is 2. The van der Waals surface area contributed by atoms with Gasteiger partial charge in [0, 0.05) is 6.42 Å². The van der Waals surface area contributed by atoms with E-state index in [2.05, 4.69) is 16.6 Å². The van der Waals surface area contributed by atoms with E-state index in [0.29, 0.717) is 0 Å². The van der Waals surface area contributed by atoms with E-state index in [9.17, 15) is 14.4 Å². The number of carbonyl (C=O) groups is 3. The molecule has 0 bridgehead atoms. The highest BCUT2D eigenvalue weighted by atomic mass is 16.4. The zero-order chi connectivity index (χ0) is 12.6. The van der Waals surface area contributed by atoms with Crippen LogP contribution >= 0.6 is 0 Å². The minimum Gasteiger partial charge on any atom is -0.481 e. The maximum Gasteiger partial charge on any atom is 0.326 e. The van der Waals surface area contributed by atoms with Gasteiger partial charge >= 0.3 is 18.0 Å². The molecule has 0 aliphatic heterocycles. The van der Waals surface area contributed by atoms with Gasteiger partial charge in [-0.3, -0.25) is 4.79 Å². The fourth-order valence-electron chi connectivity index (χ4n) is 0.866. The van der Waals surface area contributed by atoms with Crippen LogP contribution in [0.1, 0.15) is 12.8 Å². The second-order valence-electron chi connectivity index (χ2n) is 2.85. The normalized spacial score (nSPS) is 10.9. The number of carboxylic acid groups (broad SMARTS) is 2. The van der Waals surface area contributed by atoms with Crippen LogP contribution in [0.15, 0.2) is 0 Å². The van der Waals surface area contributed by atoms with Crippen molar-refractivity contribution in [2.75, 3.05) is 6.54 Å². The largest absolute Gasteiger partial charge is 0.481 e.